The van der Waals surface area contributed by atoms with Crippen molar-refractivity contribution in [3.8, 4) is 5.75 Å². The predicted octanol–water partition coefficient (Wildman–Crippen LogP) is 2.11. The summed E-state index contributed by atoms with van der Waals surface area (Å²) in [7, 11) is 1.78. The lowest BCUT2D eigenvalue weighted by Gasteiger charge is -2.29. The van der Waals surface area contributed by atoms with E-state index < -0.39 is 0 Å². The van der Waals surface area contributed by atoms with E-state index in [1.54, 1.807) is 11.9 Å². The van der Waals surface area contributed by atoms with Gasteiger partial charge in [-0.05, 0) is 43.4 Å². The zero-order valence-electron chi connectivity index (χ0n) is 15.1. The summed E-state index contributed by atoms with van der Waals surface area (Å²) in [6, 6.07) is 7.67. The number of carbonyl (C=O) groups is 1. The molecule has 1 heterocycles. The maximum absolute atomic E-state index is 12.1. The third-order valence-corrected chi connectivity index (χ3v) is 4.65. The maximum Gasteiger partial charge on any atom is 0.265 e. The number of aliphatic imine (C=N–C) groups is 1. The second kappa shape index (κ2) is 10.9. The topological polar surface area (TPSA) is 66.0 Å². The second-order valence-corrected chi connectivity index (χ2v) is 6.77. The van der Waals surface area contributed by atoms with E-state index in [9.17, 15) is 4.79 Å². The minimum Gasteiger partial charge on any atom is -0.482 e. The van der Waals surface area contributed by atoms with Crippen LogP contribution in [-0.2, 0) is 4.79 Å². The minimum absolute atomic E-state index is 0.00926. The van der Waals surface area contributed by atoms with Gasteiger partial charge >= 0.3 is 0 Å². The van der Waals surface area contributed by atoms with Crippen LogP contribution >= 0.6 is 11.8 Å². The summed E-state index contributed by atoms with van der Waals surface area (Å²) in [5.41, 5.74) is 0.857. The number of nitrogens with one attached hydrogen (secondary N) is 2. The highest BCUT2D eigenvalue weighted by Gasteiger charge is 2.24. The summed E-state index contributed by atoms with van der Waals surface area (Å²) < 4.78 is 5.46. The van der Waals surface area contributed by atoms with E-state index >= 15 is 0 Å². The van der Waals surface area contributed by atoms with Crippen LogP contribution in [0.3, 0.4) is 0 Å². The van der Waals surface area contributed by atoms with Crippen molar-refractivity contribution in [2.24, 2.45) is 4.99 Å². The van der Waals surface area contributed by atoms with Gasteiger partial charge in [-0.1, -0.05) is 12.1 Å². The normalized spacial score (nSPS) is 14.1. The molecule has 138 valence electrons. The van der Waals surface area contributed by atoms with Crippen LogP contribution in [0.5, 0.6) is 5.75 Å². The minimum atomic E-state index is 0.00926. The number of para-hydroxylation sites is 2. The fourth-order valence-electron chi connectivity index (χ4n) is 2.64. The average molecular weight is 365 g/mol. The molecule has 7 heteroatoms. The van der Waals surface area contributed by atoms with Gasteiger partial charge in [-0.25, -0.2) is 0 Å². The molecule has 1 aliphatic rings. The zero-order valence-corrected chi connectivity index (χ0v) is 15.9. The molecule has 0 aliphatic carbocycles. The molecule has 0 aromatic heterocycles. The summed E-state index contributed by atoms with van der Waals surface area (Å²) in [6.45, 7) is 2.47. The van der Waals surface area contributed by atoms with E-state index in [0.29, 0.717) is 6.54 Å². The Hall–Kier alpha value is -1.89. The number of guanidine groups is 1. The fraction of sp³-hybridized carbons (Fsp3) is 0.556. The van der Waals surface area contributed by atoms with Crippen LogP contribution in [0.2, 0.25) is 0 Å². The van der Waals surface area contributed by atoms with Crippen molar-refractivity contribution >= 4 is 29.3 Å². The molecule has 0 spiro atoms. The van der Waals surface area contributed by atoms with Crippen LogP contribution in [0.1, 0.15) is 19.3 Å². The Bertz CT molecular complexity index is 580. The number of nitrogens with zero attached hydrogens (tertiary/aromatic N) is 2. The number of anilines is 1. The lowest BCUT2D eigenvalue weighted by Crippen LogP contribution is -2.42. The zero-order chi connectivity index (χ0) is 17.9. The molecule has 1 amide bonds. The van der Waals surface area contributed by atoms with Crippen molar-refractivity contribution in [3.63, 3.8) is 0 Å². The van der Waals surface area contributed by atoms with Gasteiger partial charge in [-0.2, -0.15) is 11.8 Å². The van der Waals surface area contributed by atoms with Gasteiger partial charge in [0.25, 0.3) is 5.91 Å². The number of benzene rings is 1. The molecular weight excluding hydrogens is 336 g/mol. The van der Waals surface area contributed by atoms with E-state index in [1.807, 2.05) is 36.0 Å². The number of unbranched alkanes of at least 4 members (excludes halogenated alkanes) is 1. The van der Waals surface area contributed by atoms with Gasteiger partial charge in [-0.3, -0.25) is 9.79 Å². The van der Waals surface area contributed by atoms with E-state index in [4.69, 9.17) is 4.74 Å². The van der Waals surface area contributed by atoms with Gasteiger partial charge < -0.3 is 20.3 Å². The summed E-state index contributed by atoms with van der Waals surface area (Å²) in [6.07, 6.45) is 5.32. The van der Waals surface area contributed by atoms with Crippen molar-refractivity contribution in [2.75, 3.05) is 50.2 Å². The Morgan fingerprint density at radius 3 is 2.76 bits per heavy atom. The summed E-state index contributed by atoms with van der Waals surface area (Å²) in [4.78, 5) is 18.1. The monoisotopic (exact) mass is 364 g/mol. The predicted molar refractivity (Wildman–Crippen MR) is 106 cm³/mol. The molecule has 1 aromatic rings. The SMILES string of the molecule is CN=C(NCCCCSC)NCCCN1C(=O)COc2ccccc21. The van der Waals surface area contributed by atoms with Crippen LogP contribution in [0.4, 0.5) is 5.69 Å². The molecular formula is C18H28N4O2S. The molecule has 2 N–H and O–H groups in total. The highest BCUT2D eigenvalue weighted by atomic mass is 32.2. The quantitative estimate of drug-likeness (QED) is 0.399. The molecule has 25 heavy (non-hydrogen) atoms. The summed E-state index contributed by atoms with van der Waals surface area (Å²) >= 11 is 1.88. The van der Waals surface area contributed by atoms with E-state index in [2.05, 4.69) is 21.9 Å². The summed E-state index contributed by atoms with van der Waals surface area (Å²) in [5.74, 6) is 2.80. The number of hydrogen-bond donors (Lipinski definition) is 2. The number of carbonyl (C=O) groups excluding carboxylic acids is 1. The number of rotatable bonds is 9. The van der Waals surface area contributed by atoms with Gasteiger partial charge in [0.2, 0.25) is 0 Å². The van der Waals surface area contributed by atoms with E-state index in [-0.39, 0.29) is 12.5 Å². The Morgan fingerprint density at radius 1 is 1.24 bits per heavy atom. The Balaban J connectivity index is 1.70. The second-order valence-electron chi connectivity index (χ2n) is 5.78. The molecule has 0 saturated carbocycles. The first-order valence-corrected chi connectivity index (χ1v) is 10.1. The smallest absolute Gasteiger partial charge is 0.265 e. The van der Waals surface area contributed by atoms with Crippen molar-refractivity contribution in [1.29, 1.82) is 0 Å². The lowest BCUT2D eigenvalue weighted by molar-refractivity contribution is -0.121. The Morgan fingerprint density at radius 2 is 2.00 bits per heavy atom. The van der Waals surface area contributed by atoms with Gasteiger partial charge in [0.15, 0.2) is 12.6 Å². The first-order chi connectivity index (χ1) is 12.3. The molecule has 1 aromatic carbocycles. The molecule has 0 bridgehead atoms. The van der Waals surface area contributed by atoms with Crippen molar-refractivity contribution in [2.45, 2.75) is 19.3 Å². The standard InChI is InChI=1S/C18H28N4O2S/c1-19-18(20-10-5-6-13-25-2)21-11-7-12-22-15-8-3-4-9-16(15)24-14-17(22)23/h3-4,8-9H,5-7,10-14H2,1-2H3,(H2,19,20,21). The third kappa shape index (κ3) is 6.16. The summed E-state index contributed by atoms with van der Waals surface area (Å²) in [5, 5.41) is 6.62. The Kier molecular flexibility index (Phi) is 8.45. The fourth-order valence-corrected chi connectivity index (χ4v) is 3.13. The molecule has 0 atom stereocenters. The first kappa shape index (κ1) is 19.4. The van der Waals surface area contributed by atoms with E-state index in [1.165, 1.54) is 12.2 Å². The van der Waals surface area contributed by atoms with Crippen LogP contribution < -0.4 is 20.3 Å². The lowest BCUT2D eigenvalue weighted by atomic mass is 10.2. The number of ether oxygens (including phenoxy) is 1. The maximum atomic E-state index is 12.1. The molecule has 6 nitrogen and oxygen atoms in total. The highest BCUT2D eigenvalue weighted by Crippen LogP contribution is 2.31. The number of fused-ring (bicyclic) bond motifs is 1. The average Bonchev–Trinajstić information content (AvgIpc) is 2.64. The number of thioether (sulfide) groups is 1. The van der Waals surface area contributed by atoms with Gasteiger partial charge in [-0.15, -0.1) is 0 Å². The number of amides is 1. The van der Waals surface area contributed by atoms with E-state index in [0.717, 1.165) is 43.3 Å². The molecule has 2 rings (SSSR count). The molecule has 0 unspecified atom stereocenters. The van der Waals surface area contributed by atoms with Gasteiger partial charge in [0, 0.05) is 26.7 Å². The third-order valence-electron chi connectivity index (χ3n) is 3.95. The van der Waals surface area contributed by atoms with Crippen molar-refractivity contribution in [1.82, 2.24) is 10.6 Å². The van der Waals surface area contributed by atoms with Gasteiger partial charge in [0.05, 0.1) is 5.69 Å². The van der Waals surface area contributed by atoms with Crippen LogP contribution in [-0.4, -0.2) is 57.2 Å². The van der Waals surface area contributed by atoms with Crippen LogP contribution in [0, 0.1) is 0 Å². The first-order valence-electron chi connectivity index (χ1n) is 8.72. The number of hydrogen-bond acceptors (Lipinski definition) is 4. The van der Waals surface area contributed by atoms with Crippen molar-refractivity contribution < 1.29 is 9.53 Å². The van der Waals surface area contributed by atoms with Crippen molar-refractivity contribution in [3.05, 3.63) is 24.3 Å². The molecule has 0 radical (unpaired) electrons. The molecule has 1 aliphatic heterocycles. The van der Waals surface area contributed by atoms with Crippen LogP contribution in [0.15, 0.2) is 29.3 Å². The molecule has 0 fully saturated rings. The highest BCUT2D eigenvalue weighted by molar-refractivity contribution is 7.98. The van der Waals surface area contributed by atoms with Gasteiger partial charge in [0.1, 0.15) is 5.75 Å². The molecule has 0 saturated heterocycles. The van der Waals surface area contributed by atoms with Crippen LogP contribution in [0.25, 0.3) is 0 Å². The Labute approximate surface area is 154 Å². The largest absolute Gasteiger partial charge is 0.482 e.